The van der Waals surface area contributed by atoms with Crippen LogP contribution in [0.1, 0.15) is 51.9 Å². The van der Waals surface area contributed by atoms with Crippen molar-refractivity contribution < 1.29 is 5.11 Å². The van der Waals surface area contributed by atoms with Crippen molar-refractivity contribution in [2.24, 2.45) is 5.92 Å². The Bertz CT molecular complexity index is 247. The van der Waals surface area contributed by atoms with E-state index in [1.807, 2.05) is 0 Å². The molecule has 0 saturated carbocycles. The summed E-state index contributed by atoms with van der Waals surface area (Å²) in [7, 11) is 0. The van der Waals surface area contributed by atoms with Crippen molar-refractivity contribution in [3.8, 4) is 0 Å². The molecule has 0 aromatic carbocycles. The van der Waals surface area contributed by atoms with Crippen LogP contribution < -0.4 is 0 Å². The van der Waals surface area contributed by atoms with Crippen molar-refractivity contribution in [3.05, 3.63) is 0 Å². The van der Waals surface area contributed by atoms with E-state index in [0.717, 1.165) is 24.8 Å². The molecule has 0 aromatic rings. The molecule has 2 atom stereocenters. The lowest BCUT2D eigenvalue weighted by molar-refractivity contribution is 0.0926. The molecule has 3 nitrogen and oxygen atoms in total. The molecule has 2 fully saturated rings. The Kier molecular flexibility index (Phi) is 6.62. The van der Waals surface area contributed by atoms with E-state index in [9.17, 15) is 0 Å². The fraction of sp³-hybridized carbons (Fsp3) is 1.00. The second-order valence-corrected chi connectivity index (χ2v) is 6.58. The quantitative estimate of drug-likeness (QED) is 0.749. The van der Waals surface area contributed by atoms with Gasteiger partial charge in [-0.25, -0.2) is 0 Å². The minimum atomic E-state index is 0.350. The number of unbranched alkanes of at least 4 members (excludes halogenated alkanes) is 1. The van der Waals surface area contributed by atoms with Crippen LogP contribution in [-0.4, -0.2) is 60.3 Å². The summed E-state index contributed by atoms with van der Waals surface area (Å²) in [5, 5.41) is 8.87. The largest absolute Gasteiger partial charge is 0.396 e. The van der Waals surface area contributed by atoms with Gasteiger partial charge in [0.15, 0.2) is 0 Å². The number of piperidine rings is 2. The average molecular weight is 268 g/mol. The van der Waals surface area contributed by atoms with Gasteiger partial charge >= 0.3 is 0 Å². The Hall–Kier alpha value is -0.120. The number of aliphatic hydroxyl groups is 1. The number of rotatable bonds is 6. The predicted molar refractivity (Wildman–Crippen MR) is 80.4 cm³/mol. The van der Waals surface area contributed by atoms with Gasteiger partial charge in [0.25, 0.3) is 0 Å². The Morgan fingerprint density at radius 2 is 1.95 bits per heavy atom. The van der Waals surface area contributed by atoms with Gasteiger partial charge in [0.05, 0.1) is 0 Å². The first-order valence-corrected chi connectivity index (χ1v) is 8.37. The second kappa shape index (κ2) is 8.23. The molecule has 2 saturated heterocycles. The fourth-order valence-electron chi connectivity index (χ4n) is 3.71. The van der Waals surface area contributed by atoms with Gasteiger partial charge in [-0.3, -0.25) is 0 Å². The molecule has 2 aliphatic heterocycles. The maximum Gasteiger partial charge on any atom is 0.0431 e. The van der Waals surface area contributed by atoms with Crippen molar-refractivity contribution in [2.45, 2.75) is 57.9 Å². The molecule has 0 radical (unpaired) electrons. The highest BCUT2D eigenvalue weighted by molar-refractivity contribution is 4.80. The monoisotopic (exact) mass is 268 g/mol. The van der Waals surface area contributed by atoms with Crippen molar-refractivity contribution in [1.82, 2.24) is 9.80 Å². The normalized spacial score (nSPS) is 30.6. The smallest absolute Gasteiger partial charge is 0.0431 e. The van der Waals surface area contributed by atoms with Crippen molar-refractivity contribution in [3.63, 3.8) is 0 Å². The van der Waals surface area contributed by atoms with Gasteiger partial charge in [-0.05, 0) is 71.0 Å². The molecule has 3 heteroatoms. The number of hydrogen-bond acceptors (Lipinski definition) is 3. The van der Waals surface area contributed by atoms with E-state index in [2.05, 4.69) is 16.7 Å². The maximum atomic E-state index is 8.87. The summed E-state index contributed by atoms with van der Waals surface area (Å²) in [5.74, 6) is 0.878. The summed E-state index contributed by atoms with van der Waals surface area (Å²) in [6.07, 6.45) is 9.12. The molecule has 2 aliphatic rings. The number of nitrogens with zero attached hydrogens (tertiary/aromatic N) is 2. The van der Waals surface area contributed by atoms with Gasteiger partial charge in [0.2, 0.25) is 0 Å². The standard InChI is InChI=1S/C16H32N2O/c1-15-7-2-3-11-18(15)14-16-8-6-10-17(13-16)9-4-5-12-19/h15-16,19H,2-14H2,1H3. The Balaban J connectivity index is 1.70. The van der Waals surface area contributed by atoms with Gasteiger partial charge in [0.1, 0.15) is 0 Å². The van der Waals surface area contributed by atoms with Crippen LogP contribution in [0.5, 0.6) is 0 Å². The van der Waals surface area contributed by atoms with E-state index in [-0.39, 0.29) is 0 Å². The van der Waals surface area contributed by atoms with E-state index < -0.39 is 0 Å². The number of hydrogen-bond donors (Lipinski definition) is 1. The van der Waals surface area contributed by atoms with Gasteiger partial charge in [-0.1, -0.05) is 6.42 Å². The van der Waals surface area contributed by atoms with Gasteiger partial charge in [0, 0.05) is 25.7 Å². The van der Waals surface area contributed by atoms with E-state index >= 15 is 0 Å². The zero-order valence-electron chi connectivity index (χ0n) is 12.7. The minimum Gasteiger partial charge on any atom is -0.396 e. The minimum absolute atomic E-state index is 0.350. The van der Waals surface area contributed by atoms with Gasteiger partial charge < -0.3 is 14.9 Å². The summed E-state index contributed by atoms with van der Waals surface area (Å²) in [5.41, 5.74) is 0. The first-order valence-electron chi connectivity index (χ1n) is 8.37. The topological polar surface area (TPSA) is 26.7 Å². The van der Waals surface area contributed by atoms with E-state index in [1.165, 1.54) is 64.8 Å². The summed E-state index contributed by atoms with van der Waals surface area (Å²) >= 11 is 0. The molecular weight excluding hydrogens is 236 g/mol. The SMILES string of the molecule is CC1CCCCN1CC1CCCN(CCCCO)C1. The number of aliphatic hydroxyl groups excluding tert-OH is 1. The molecule has 0 spiro atoms. The second-order valence-electron chi connectivity index (χ2n) is 6.58. The summed E-state index contributed by atoms with van der Waals surface area (Å²) in [6, 6.07) is 0.804. The number of likely N-dealkylation sites (tertiary alicyclic amines) is 2. The van der Waals surface area contributed by atoms with Crippen LogP contribution in [-0.2, 0) is 0 Å². The first-order chi connectivity index (χ1) is 9.29. The molecular formula is C16H32N2O. The third kappa shape index (κ3) is 5.05. The highest BCUT2D eigenvalue weighted by atomic mass is 16.2. The third-order valence-electron chi connectivity index (χ3n) is 4.92. The van der Waals surface area contributed by atoms with E-state index in [0.29, 0.717) is 6.61 Å². The zero-order chi connectivity index (χ0) is 13.5. The van der Waals surface area contributed by atoms with Crippen LogP contribution >= 0.6 is 0 Å². The van der Waals surface area contributed by atoms with Crippen molar-refractivity contribution in [1.29, 1.82) is 0 Å². The van der Waals surface area contributed by atoms with Crippen LogP contribution in [0.25, 0.3) is 0 Å². The lowest BCUT2D eigenvalue weighted by atomic mass is 9.94. The van der Waals surface area contributed by atoms with Crippen LogP contribution in [0.3, 0.4) is 0 Å². The molecule has 2 heterocycles. The lowest BCUT2D eigenvalue weighted by Gasteiger charge is -2.39. The molecule has 1 N–H and O–H groups in total. The average Bonchev–Trinajstić information content (AvgIpc) is 2.42. The molecule has 2 rings (SSSR count). The van der Waals surface area contributed by atoms with Gasteiger partial charge in [-0.15, -0.1) is 0 Å². The van der Waals surface area contributed by atoms with Crippen LogP contribution in [0.2, 0.25) is 0 Å². The lowest BCUT2D eigenvalue weighted by Crippen LogP contribution is -2.45. The Morgan fingerprint density at radius 3 is 2.74 bits per heavy atom. The van der Waals surface area contributed by atoms with Crippen LogP contribution in [0.15, 0.2) is 0 Å². The third-order valence-corrected chi connectivity index (χ3v) is 4.92. The summed E-state index contributed by atoms with van der Waals surface area (Å²) in [6.45, 7) is 9.14. The molecule has 0 bridgehead atoms. The maximum absolute atomic E-state index is 8.87. The van der Waals surface area contributed by atoms with Crippen molar-refractivity contribution >= 4 is 0 Å². The molecule has 0 aromatic heterocycles. The highest BCUT2D eigenvalue weighted by Gasteiger charge is 2.25. The molecule has 19 heavy (non-hydrogen) atoms. The molecule has 112 valence electrons. The Morgan fingerprint density at radius 1 is 1.05 bits per heavy atom. The fourth-order valence-corrected chi connectivity index (χ4v) is 3.71. The Labute approximate surface area is 119 Å². The molecule has 0 aliphatic carbocycles. The summed E-state index contributed by atoms with van der Waals surface area (Å²) < 4.78 is 0. The van der Waals surface area contributed by atoms with Crippen LogP contribution in [0.4, 0.5) is 0 Å². The van der Waals surface area contributed by atoms with E-state index in [4.69, 9.17) is 5.11 Å². The van der Waals surface area contributed by atoms with Crippen molar-refractivity contribution in [2.75, 3.05) is 39.3 Å². The highest BCUT2D eigenvalue weighted by Crippen LogP contribution is 2.22. The zero-order valence-corrected chi connectivity index (χ0v) is 12.7. The van der Waals surface area contributed by atoms with Gasteiger partial charge in [-0.2, -0.15) is 0 Å². The first kappa shape index (κ1) is 15.3. The molecule has 2 unspecified atom stereocenters. The molecule has 0 amide bonds. The predicted octanol–water partition coefficient (Wildman–Crippen LogP) is 2.35. The van der Waals surface area contributed by atoms with Crippen LogP contribution in [0, 0.1) is 5.92 Å². The summed E-state index contributed by atoms with van der Waals surface area (Å²) in [4.78, 5) is 5.35. The van der Waals surface area contributed by atoms with E-state index in [1.54, 1.807) is 0 Å².